The summed E-state index contributed by atoms with van der Waals surface area (Å²) in [6.45, 7) is 4.15. The monoisotopic (exact) mass is 157 g/mol. The van der Waals surface area contributed by atoms with Gasteiger partial charge >= 0.3 is 0 Å². The molecule has 0 unspecified atom stereocenters. The molecule has 0 bridgehead atoms. The number of nitrogens with two attached hydrogens (primary N) is 1. The summed E-state index contributed by atoms with van der Waals surface area (Å²) in [5, 5.41) is 1.78. The third-order valence-electron chi connectivity index (χ3n) is 1.14. The smallest absolute Gasteiger partial charge is 0.133 e. The van der Waals surface area contributed by atoms with E-state index in [0.29, 0.717) is 11.7 Å². The predicted molar refractivity (Wildman–Crippen MR) is 45.3 cm³/mol. The van der Waals surface area contributed by atoms with Gasteiger partial charge in [-0.15, -0.1) is 0 Å². The zero-order chi connectivity index (χ0) is 7.56. The van der Waals surface area contributed by atoms with E-state index < -0.39 is 0 Å². The largest absolute Gasteiger partial charge is 0.383 e. The molecule has 1 heterocycles. The molecule has 0 amide bonds. The van der Waals surface area contributed by atoms with E-state index >= 15 is 0 Å². The van der Waals surface area contributed by atoms with E-state index in [0.717, 1.165) is 5.84 Å². The standard InChI is InChI=1S/C6H11N3S/c1-4(2)6-8-5(7)3-10-9-6/h3-4H,7H2,1-2H3,(H,8,9). The number of aliphatic imine (C=N–C) groups is 1. The van der Waals surface area contributed by atoms with Gasteiger partial charge in [0.2, 0.25) is 0 Å². The van der Waals surface area contributed by atoms with Crippen LogP contribution in [-0.4, -0.2) is 5.84 Å². The molecule has 0 fully saturated rings. The van der Waals surface area contributed by atoms with Crippen molar-refractivity contribution in [2.45, 2.75) is 13.8 Å². The van der Waals surface area contributed by atoms with E-state index in [1.807, 2.05) is 0 Å². The molecule has 0 saturated heterocycles. The van der Waals surface area contributed by atoms with Crippen molar-refractivity contribution in [2.75, 3.05) is 0 Å². The van der Waals surface area contributed by atoms with Crippen LogP contribution in [0.5, 0.6) is 0 Å². The van der Waals surface area contributed by atoms with Gasteiger partial charge in [0, 0.05) is 11.3 Å². The number of hydrogen-bond acceptors (Lipinski definition) is 4. The van der Waals surface area contributed by atoms with E-state index in [-0.39, 0.29) is 0 Å². The second-order valence-electron chi connectivity index (χ2n) is 2.41. The van der Waals surface area contributed by atoms with Crippen LogP contribution in [0.25, 0.3) is 0 Å². The Labute approximate surface area is 64.9 Å². The van der Waals surface area contributed by atoms with Crippen molar-refractivity contribution in [1.29, 1.82) is 0 Å². The first kappa shape index (κ1) is 7.47. The number of rotatable bonds is 1. The Hall–Kier alpha value is -0.640. The Morgan fingerprint density at radius 2 is 2.40 bits per heavy atom. The van der Waals surface area contributed by atoms with Gasteiger partial charge in [-0.2, -0.15) is 0 Å². The second-order valence-corrected chi connectivity index (χ2v) is 3.09. The number of amidine groups is 1. The first-order valence-electron chi connectivity index (χ1n) is 3.16. The fourth-order valence-corrected chi connectivity index (χ4v) is 1.22. The van der Waals surface area contributed by atoms with Crippen molar-refractivity contribution < 1.29 is 0 Å². The molecule has 0 atom stereocenters. The zero-order valence-corrected chi connectivity index (χ0v) is 6.90. The van der Waals surface area contributed by atoms with Crippen LogP contribution in [0.15, 0.2) is 16.2 Å². The maximum atomic E-state index is 5.48. The number of hydrogen-bond donors (Lipinski definition) is 2. The molecule has 0 aromatic heterocycles. The van der Waals surface area contributed by atoms with Crippen LogP contribution in [0, 0.1) is 5.92 Å². The summed E-state index contributed by atoms with van der Waals surface area (Å²) in [6, 6.07) is 0. The summed E-state index contributed by atoms with van der Waals surface area (Å²) in [5.41, 5.74) is 5.48. The molecule has 0 radical (unpaired) electrons. The fourth-order valence-electron chi connectivity index (χ4n) is 0.585. The molecule has 3 N–H and O–H groups in total. The molecule has 0 aromatic rings. The minimum Gasteiger partial charge on any atom is -0.383 e. The Morgan fingerprint density at radius 3 is 2.80 bits per heavy atom. The lowest BCUT2D eigenvalue weighted by Gasteiger charge is -2.14. The predicted octanol–water partition coefficient (Wildman–Crippen LogP) is 1.05. The van der Waals surface area contributed by atoms with Gasteiger partial charge in [-0.25, -0.2) is 4.99 Å². The highest BCUT2D eigenvalue weighted by Crippen LogP contribution is 2.10. The van der Waals surface area contributed by atoms with E-state index in [9.17, 15) is 0 Å². The van der Waals surface area contributed by atoms with Gasteiger partial charge in [-0.1, -0.05) is 13.8 Å². The quantitative estimate of drug-likeness (QED) is 0.559. The number of nitrogens with one attached hydrogen (secondary N) is 1. The van der Waals surface area contributed by atoms with Crippen molar-refractivity contribution in [1.82, 2.24) is 4.72 Å². The first-order chi connectivity index (χ1) is 4.70. The first-order valence-corrected chi connectivity index (χ1v) is 4.04. The van der Waals surface area contributed by atoms with Crippen molar-refractivity contribution >= 4 is 17.8 Å². The van der Waals surface area contributed by atoms with E-state index in [4.69, 9.17) is 5.73 Å². The number of nitrogens with zero attached hydrogens (tertiary/aromatic N) is 1. The van der Waals surface area contributed by atoms with Crippen molar-refractivity contribution in [3.63, 3.8) is 0 Å². The van der Waals surface area contributed by atoms with Crippen LogP contribution in [-0.2, 0) is 0 Å². The van der Waals surface area contributed by atoms with Crippen LogP contribution in [0.2, 0.25) is 0 Å². The Balaban J connectivity index is 2.69. The van der Waals surface area contributed by atoms with Crippen molar-refractivity contribution in [3.05, 3.63) is 11.2 Å². The second kappa shape index (κ2) is 2.96. The summed E-state index contributed by atoms with van der Waals surface area (Å²) in [6.07, 6.45) is 0. The average Bonchev–Trinajstić information content (AvgIpc) is 1.88. The van der Waals surface area contributed by atoms with Gasteiger partial charge in [-0.05, 0) is 11.9 Å². The molecule has 0 aromatic carbocycles. The van der Waals surface area contributed by atoms with Gasteiger partial charge in [-0.3, -0.25) is 0 Å². The van der Waals surface area contributed by atoms with Gasteiger partial charge in [0.05, 0.1) is 0 Å². The Kier molecular flexibility index (Phi) is 2.21. The molecule has 1 aliphatic rings. The summed E-state index contributed by atoms with van der Waals surface area (Å²) in [5.74, 6) is 1.96. The lowest BCUT2D eigenvalue weighted by atomic mass is 10.2. The maximum absolute atomic E-state index is 5.48. The minimum absolute atomic E-state index is 0.416. The van der Waals surface area contributed by atoms with E-state index in [1.54, 1.807) is 5.41 Å². The molecule has 0 saturated carbocycles. The average molecular weight is 157 g/mol. The van der Waals surface area contributed by atoms with Crippen LogP contribution >= 0.6 is 11.9 Å². The molecular weight excluding hydrogens is 146 g/mol. The van der Waals surface area contributed by atoms with E-state index in [2.05, 4.69) is 23.6 Å². The van der Waals surface area contributed by atoms with Crippen molar-refractivity contribution in [2.24, 2.45) is 16.6 Å². The van der Waals surface area contributed by atoms with Crippen LogP contribution in [0.3, 0.4) is 0 Å². The molecule has 1 aliphatic heterocycles. The van der Waals surface area contributed by atoms with Crippen LogP contribution in [0.4, 0.5) is 0 Å². The fraction of sp³-hybridized carbons (Fsp3) is 0.500. The summed E-state index contributed by atoms with van der Waals surface area (Å²) in [7, 11) is 0. The highest BCUT2D eigenvalue weighted by Gasteiger charge is 2.07. The molecule has 3 nitrogen and oxygen atoms in total. The highest BCUT2D eigenvalue weighted by molar-refractivity contribution is 8.00. The molecule has 0 aliphatic carbocycles. The SMILES string of the molecule is CC(C)C1=NC(N)=CSN1. The zero-order valence-electron chi connectivity index (χ0n) is 6.09. The molecule has 1 rings (SSSR count). The summed E-state index contributed by atoms with van der Waals surface area (Å²) < 4.78 is 3.06. The summed E-state index contributed by atoms with van der Waals surface area (Å²) in [4.78, 5) is 4.11. The van der Waals surface area contributed by atoms with Gasteiger partial charge < -0.3 is 10.5 Å². The minimum atomic E-state index is 0.416. The van der Waals surface area contributed by atoms with Gasteiger partial charge in [0.1, 0.15) is 11.7 Å². The van der Waals surface area contributed by atoms with Crippen LogP contribution in [0.1, 0.15) is 13.8 Å². The summed E-state index contributed by atoms with van der Waals surface area (Å²) >= 11 is 1.47. The maximum Gasteiger partial charge on any atom is 0.133 e. The molecule has 56 valence electrons. The third kappa shape index (κ3) is 1.67. The molecule has 10 heavy (non-hydrogen) atoms. The Bertz CT molecular complexity index is 183. The molecular formula is C6H11N3S. The van der Waals surface area contributed by atoms with E-state index in [1.165, 1.54) is 11.9 Å². The normalized spacial score (nSPS) is 17.9. The lowest BCUT2D eigenvalue weighted by Crippen LogP contribution is -2.25. The van der Waals surface area contributed by atoms with Gasteiger partial charge in [0.15, 0.2) is 0 Å². The molecule has 0 spiro atoms. The third-order valence-corrected chi connectivity index (χ3v) is 1.83. The van der Waals surface area contributed by atoms with Gasteiger partial charge in [0.25, 0.3) is 0 Å². The van der Waals surface area contributed by atoms with Crippen molar-refractivity contribution in [3.8, 4) is 0 Å². The lowest BCUT2D eigenvalue weighted by molar-refractivity contribution is 0.857. The topological polar surface area (TPSA) is 50.4 Å². The Morgan fingerprint density at radius 1 is 1.70 bits per heavy atom. The highest BCUT2D eigenvalue weighted by atomic mass is 32.2. The molecule has 4 heteroatoms. The van der Waals surface area contributed by atoms with Crippen LogP contribution < -0.4 is 10.5 Å².